The number of halogens is 1. The second-order valence-electron chi connectivity index (χ2n) is 2.70. The van der Waals surface area contributed by atoms with E-state index in [-0.39, 0.29) is 5.56 Å². The summed E-state index contributed by atoms with van der Waals surface area (Å²) in [5, 5.41) is 0.843. The van der Waals surface area contributed by atoms with Crippen LogP contribution in [-0.2, 0) is 0 Å². The quantitative estimate of drug-likeness (QED) is 0.645. The van der Waals surface area contributed by atoms with Crippen molar-refractivity contribution in [2.24, 2.45) is 0 Å². The third kappa shape index (κ3) is 1.29. The van der Waals surface area contributed by atoms with Gasteiger partial charge in [-0.1, -0.05) is 11.6 Å². The summed E-state index contributed by atoms with van der Waals surface area (Å²) >= 11 is 5.78. The van der Waals surface area contributed by atoms with Crippen molar-refractivity contribution in [3.63, 3.8) is 0 Å². The average Bonchev–Trinajstić information content (AvgIpc) is 2.09. The molecule has 0 unspecified atom stereocenters. The predicted molar refractivity (Wildman–Crippen MR) is 49.9 cm³/mol. The zero-order valence-electron chi connectivity index (χ0n) is 6.84. The number of nitrogens with zero attached hydrogens (tertiary/aromatic N) is 2. The molecule has 0 atom stereocenters. The molecule has 66 valence electrons. The van der Waals surface area contributed by atoms with E-state index in [1.807, 2.05) is 0 Å². The van der Waals surface area contributed by atoms with Crippen molar-refractivity contribution in [3.05, 3.63) is 33.5 Å². The van der Waals surface area contributed by atoms with Gasteiger partial charge in [-0.3, -0.25) is 4.79 Å². The number of fused-ring (bicyclic) bond motifs is 1. The molecule has 0 aliphatic heterocycles. The topological polar surface area (TPSA) is 58.6 Å². The minimum atomic E-state index is -0.197. The molecule has 0 radical (unpaired) electrons. The van der Waals surface area contributed by atoms with Crippen LogP contribution in [0.1, 0.15) is 5.56 Å². The number of aryl methyl sites for hydroxylation is 1. The van der Waals surface area contributed by atoms with Gasteiger partial charge in [0.25, 0.3) is 5.56 Å². The van der Waals surface area contributed by atoms with E-state index in [0.29, 0.717) is 16.2 Å². The van der Waals surface area contributed by atoms with E-state index in [2.05, 4.69) is 15.0 Å². The van der Waals surface area contributed by atoms with Crippen LogP contribution in [0, 0.1) is 6.92 Å². The molecule has 0 aromatic carbocycles. The molecule has 0 aliphatic carbocycles. The Morgan fingerprint density at radius 1 is 1.54 bits per heavy atom. The van der Waals surface area contributed by atoms with Gasteiger partial charge in [0, 0.05) is 0 Å². The number of aromatic nitrogens is 3. The first-order valence-electron chi connectivity index (χ1n) is 3.69. The first-order valence-corrected chi connectivity index (χ1v) is 4.07. The number of aromatic amines is 1. The number of rotatable bonds is 0. The first-order chi connectivity index (χ1) is 6.18. The van der Waals surface area contributed by atoms with Crippen LogP contribution in [-0.4, -0.2) is 15.0 Å². The summed E-state index contributed by atoms with van der Waals surface area (Å²) in [6.07, 6.45) is 1.31. The molecule has 0 aliphatic rings. The largest absolute Gasteiger partial charge is 0.313 e. The summed E-state index contributed by atoms with van der Waals surface area (Å²) in [4.78, 5) is 21.6. The lowest BCUT2D eigenvalue weighted by atomic mass is 10.2. The minimum Gasteiger partial charge on any atom is -0.313 e. The van der Waals surface area contributed by atoms with Gasteiger partial charge >= 0.3 is 0 Å². The van der Waals surface area contributed by atoms with Crippen LogP contribution in [0.4, 0.5) is 0 Å². The van der Waals surface area contributed by atoms with Crippen LogP contribution in [0.15, 0.2) is 17.2 Å². The van der Waals surface area contributed by atoms with Crippen LogP contribution in [0.25, 0.3) is 11.0 Å². The Bertz CT molecular complexity index is 520. The predicted octanol–water partition coefficient (Wildman–Crippen LogP) is 1.28. The van der Waals surface area contributed by atoms with Crippen molar-refractivity contribution in [1.82, 2.24) is 15.0 Å². The van der Waals surface area contributed by atoms with Gasteiger partial charge in [-0.15, -0.1) is 0 Å². The second kappa shape index (κ2) is 2.81. The fourth-order valence-electron chi connectivity index (χ4n) is 1.08. The second-order valence-corrected chi connectivity index (χ2v) is 3.06. The summed E-state index contributed by atoms with van der Waals surface area (Å²) in [6.45, 7) is 1.79. The molecule has 2 heterocycles. The fourth-order valence-corrected chi connectivity index (χ4v) is 1.21. The molecule has 5 heteroatoms. The highest BCUT2D eigenvalue weighted by molar-refractivity contribution is 6.30. The van der Waals surface area contributed by atoms with Crippen LogP contribution in [0.2, 0.25) is 5.15 Å². The molecule has 13 heavy (non-hydrogen) atoms. The third-order valence-corrected chi connectivity index (χ3v) is 2.14. The van der Waals surface area contributed by atoms with Crippen LogP contribution < -0.4 is 5.56 Å². The summed E-state index contributed by atoms with van der Waals surface area (Å²) in [6, 6.07) is 1.68. The zero-order valence-corrected chi connectivity index (χ0v) is 7.59. The molecule has 0 bridgehead atoms. The van der Waals surface area contributed by atoms with Crippen LogP contribution in [0.3, 0.4) is 0 Å². The van der Waals surface area contributed by atoms with E-state index in [1.54, 1.807) is 13.0 Å². The van der Waals surface area contributed by atoms with Gasteiger partial charge in [0.1, 0.15) is 5.15 Å². The van der Waals surface area contributed by atoms with Gasteiger partial charge in [-0.2, -0.15) is 0 Å². The number of nitrogens with one attached hydrogen (secondary N) is 1. The summed E-state index contributed by atoms with van der Waals surface area (Å²) < 4.78 is 0. The first kappa shape index (κ1) is 8.19. The number of hydrogen-bond donors (Lipinski definition) is 1. The van der Waals surface area contributed by atoms with E-state index in [1.165, 1.54) is 6.33 Å². The van der Waals surface area contributed by atoms with Crippen molar-refractivity contribution in [2.45, 2.75) is 6.92 Å². The SMILES string of the molecule is Cc1cc2c(=O)[nH]cnc2nc1Cl. The van der Waals surface area contributed by atoms with Gasteiger partial charge in [-0.05, 0) is 18.6 Å². The Balaban J connectivity index is 2.97. The molecular weight excluding hydrogens is 190 g/mol. The molecular formula is C8H6ClN3O. The lowest BCUT2D eigenvalue weighted by Crippen LogP contribution is -2.07. The standard InChI is InChI=1S/C8H6ClN3O/c1-4-2-5-7(12-6(4)9)10-3-11-8(5)13/h2-3H,1H3,(H,10,11,12,13). The van der Waals surface area contributed by atoms with Gasteiger partial charge in [0.15, 0.2) is 5.65 Å². The molecule has 0 fully saturated rings. The summed E-state index contributed by atoms with van der Waals surface area (Å²) in [5.41, 5.74) is 0.948. The van der Waals surface area contributed by atoms with Gasteiger partial charge in [0.2, 0.25) is 0 Å². The maximum Gasteiger partial charge on any atom is 0.260 e. The van der Waals surface area contributed by atoms with E-state index >= 15 is 0 Å². The molecule has 0 saturated heterocycles. The van der Waals surface area contributed by atoms with Crippen molar-refractivity contribution in [2.75, 3.05) is 0 Å². The van der Waals surface area contributed by atoms with Gasteiger partial charge < -0.3 is 4.98 Å². The van der Waals surface area contributed by atoms with E-state index < -0.39 is 0 Å². The summed E-state index contributed by atoms with van der Waals surface area (Å²) in [5.74, 6) is 0. The number of H-pyrrole nitrogens is 1. The van der Waals surface area contributed by atoms with Crippen LogP contribution >= 0.6 is 11.6 Å². The Labute approximate surface area is 78.6 Å². The van der Waals surface area contributed by atoms with Crippen LogP contribution in [0.5, 0.6) is 0 Å². The smallest absolute Gasteiger partial charge is 0.260 e. The Morgan fingerprint density at radius 2 is 2.31 bits per heavy atom. The minimum absolute atomic E-state index is 0.197. The fraction of sp³-hybridized carbons (Fsp3) is 0.125. The maximum atomic E-state index is 11.3. The maximum absolute atomic E-state index is 11.3. The highest BCUT2D eigenvalue weighted by atomic mass is 35.5. The lowest BCUT2D eigenvalue weighted by molar-refractivity contribution is 1.13. The van der Waals surface area contributed by atoms with E-state index in [0.717, 1.165) is 5.56 Å². The van der Waals surface area contributed by atoms with Gasteiger partial charge in [0.05, 0.1) is 11.7 Å². The van der Waals surface area contributed by atoms with Crippen molar-refractivity contribution in [3.8, 4) is 0 Å². The summed E-state index contributed by atoms with van der Waals surface area (Å²) in [7, 11) is 0. The third-order valence-electron chi connectivity index (χ3n) is 1.76. The molecule has 2 rings (SSSR count). The van der Waals surface area contributed by atoms with Crippen molar-refractivity contribution >= 4 is 22.6 Å². The Hall–Kier alpha value is -1.42. The Kier molecular flexibility index (Phi) is 1.77. The van der Waals surface area contributed by atoms with E-state index in [4.69, 9.17) is 11.6 Å². The van der Waals surface area contributed by atoms with Crippen molar-refractivity contribution < 1.29 is 0 Å². The molecule has 4 nitrogen and oxygen atoms in total. The molecule has 1 N–H and O–H groups in total. The number of hydrogen-bond acceptors (Lipinski definition) is 3. The molecule has 0 amide bonds. The molecule has 2 aromatic heterocycles. The zero-order chi connectivity index (χ0) is 9.42. The highest BCUT2D eigenvalue weighted by Crippen LogP contribution is 2.14. The average molecular weight is 196 g/mol. The Morgan fingerprint density at radius 3 is 3.08 bits per heavy atom. The highest BCUT2D eigenvalue weighted by Gasteiger charge is 2.03. The number of pyridine rings is 1. The monoisotopic (exact) mass is 195 g/mol. The molecule has 2 aromatic rings. The lowest BCUT2D eigenvalue weighted by Gasteiger charge is -1.98. The normalized spacial score (nSPS) is 10.6. The van der Waals surface area contributed by atoms with Gasteiger partial charge in [-0.25, -0.2) is 9.97 Å². The van der Waals surface area contributed by atoms with Crippen molar-refractivity contribution in [1.29, 1.82) is 0 Å². The van der Waals surface area contributed by atoms with E-state index in [9.17, 15) is 4.79 Å². The molecule has 0 spiro atoms. The molecule has 0 saturated carbocycles.